The molecule has 0 aromatic heterocycles. The van der Waals surface area contributed by atoms with Gasteiger partial charge in [-0.25, -0.2) is 5.84 Å². The highest BCUT2D eigenvalue weighted by Crippen LogP contribution is 2.12. The molecule has 0 amide bonds. The van der Waals surface area contributed by atoms with Crippen molar-refractivity contribution in [2.24, 2.45) is 11.6 Å². The SMILES string of the molecule is NNC(N)=S.O=C1CCCCC1. The number of nitrogens with two attached hydrogens (primary N) is 2. The number of hydrogen-bond donors (Lipinski definition) is 3. The summed E-state index contributed by atoms with van der Waals surface area (Å²) in [4.78, 5) is 10.5. The molecule has 5 heteroatoms. The molecular formula is C7H15N3OS. The van der Waals surface area contributed by atoms with Gasteiger partial charge in [0.05, 0.1) is 0 Å². The number of ketones is 1. The van der Waals surface area contributed by atoms with Crippen molar-refractivity contribution >= 4 is 23.1 Å². The first kappa shape index (κ1) is 11.3. The van der Waals surface area contributed by atoms with Crippen molar-refractivity contribution in [2.75, 3.05) is 0 Å². The van der Waals surface area contributed by atoms with E-state index in [-0.39, 0.29) is 5.11 Å². The summed E-state index contributed by atoms with van der Waals surface area (Å²) in [5.41, 5.74) is 6.82. The smallest absolute Gasteiger partial charge is 0.177 e. The van der Waals surface area contributed by atoms with Gasteiger partial charge in [0, 0.05) is 12.8 Å². The Labute approximate surface area is 77.6 Å². The average Bonchev–Trinajstić information content (AvgIpc) is 2.07. The van der Waals surface area contributed by atoms with Gasteiger partial charge < -0.3 is 11.2 Å². The molecule has 0 spiro atoms. The van der Waals surface area contributed by atoms with Gasteiger partial charge in [0.1, 0.15) is 5.78 Å². The van der Waals surface area contributed by atoms with Crippen molar-refractivity contribution < 1.29 is 4.79 Å². The Kier molecular flexibility index (Phi) is 6.60. The minimum atomic E-state index is 0.116. The molecule has 5 N–H and O–H groups in total. The fourth-order valence-corrected chi connectivity index (χ4v) is 0.946. The standard InChI is InChI=1S/C6H10O.CH5N3S/c7-6-4-2-1-3-5-6;2-1(5)4-3/h1-5H2;3H2,(H3,2,4,5). The molecule has 0 saturated heterocycles. The van der Waals surface area contributed by atoms with Gasteiger partial charge in [-0.05, 0) is 25.1 Å². The number of carbonyl (C=O) groups is 1. The normalized spacial score (nSPS) is 15.9. The largest absolute Gasteiger partial charge is 0.375 e. The molecular weight excluding hydrogens is 174 g/mol. The summed E-state index contributed by atoms with van der Waals surface area (Å²) in [5.74, 6) is 5.12. The monoisotopic (exact) mass is 189 g/mol. The van der Waals surface area contributed by atoms with E-state index >= 15 is 0 Å². The number of rotatable bonds is 0. The second-order valence-corrected chi connectivity index (χ2v) is 3.05. The predicted molar refractivity (Wildman–Crippen MR) is 52.2 cm³/mol. The zero-order valence-corrected chi connectivity index (χ0v) is 7.82. The number of hydrogen-bond acceptors (Lipinski definition) is 3. The molecule has 1 aliphatic carbocycles. The zero-order chi connectivity index (χ0) is 9.40. The third-order valence-corrected chi connectivity index (χ3v) is 1.67. The first-order valence-corrected chi connectivity index (χ1v) is 4.35. The van der Waals surface area contributed by atoms with E-state index in [0.29, 0.717) is 5.78 Å². The van der Waals surface area contributed by atoms with Crippen molar-refractivity contribution in [3.63, 3.8) is 0 Å². The Bertz CT molecular complexity index is 153. The molecule has 0 aliphatic heterocycles. The number of nitrogens with one attached hydrogen (secondary N) is 1. The van der Waals surface area contributed by atoms with Crippen LogP contribution in [0.3, 0.4) is 0 Å². The lowest BCUT2D eigenvalue weighted by Gasteiger charge is -2.05. The van der Waals surface area contributed by atoms with E-state index in [9.17, 15) is 4.79 Å². The highest BCUT2D eigenvalue weighted by atomic mass is 32.1. The second-order valence-electron chi connectivity index (χ2n) is 2.61. The molecule has 0 atom stereocenters. The Morgan fingerprint density at radius 3 is 1.92 bits per heavy atom. The fourth-order valence-electron chi connectivity index (χ4n) is 0.946. The molecule has 0 heterocycles. The summed E-state index contributed by atoms with van der Waals surface area (Å²) < 4.78 is 0. The van der Waals surface area contributed by atoms with Crippen LogP contribution in [0.1, 0.15) is 32.1 Å². The van der Waals surface area contributed by atoms with Gasteiger partial charge in [0.2, 0.25) is 0 Å². The quantitative estimate of drug-likeness (QED) is 0.288. The Morgan fingerprint density at radius 2 is 1.75 bits per heavy atom. The number of hydrazine groups is 1. The van der Waals surface area contributed by atoms with Gasteiger partial charge in [-0.1, -0.05) is 6.42 Å². The summed E-state index contributed by atoms with van der Waals surface area (Å²) in [7, 11) is 0. The van der Waals surface area contributed by atoms with Gasteiger partial charge in [0.25, 0.3) is 0 Å². The summed E-state index contributed by atoms with van der Waals surface area (Å²) in [6, 6.07) is 0. The van der Waals surface area contributed by atoms with Gasteiger partial charge in [-0.15, -0.1) is 0 Å². The van der Waals surface area contributed by atoms with Crippen molar-refractivity contribution in [1.29, 1.82) is 0 Å². The topological polar surface area (TPSA) is 81.1 Å². The van der Waals surface area contributed by atoms with E-state index in [2.05, 4.69) is 18.1 Å². The van der Waals surface area contributed by atoms with Crippen LogP contribution in [-0.4, -0.2) is 10.9 Å². The number of thiocarbonyl (C=S) groups is 1. The van der Waals surface area contributed by atoms with Crippen molar-refractivity contribution in [1.82, 2.24) is 5.43 Å². The van der Waals surface area contributed by atoms with E-state index in [4.69, 9.17) is 5.73 Å². The summed E-state index contributed by atoms with van der Waals surface area (Å²) in [6.07, 6.45) is 5.24. The molecule has 1 aliphatic rings. The van der Waals surface area contributed by atoms with Crippen LogP contribution in [0.5, 0.6) is 0 Å². The third kappa shape index (κ3) is 7.43. The van der Waals surface area contributed by atoms with Gasteiger partial charge in [-0.2, -0.15) is 0 Å². The van der Waals surface area contributed by atoms with Crippen LogP contribution in [0.4, 0.5) is 0 Å². The summed E-state index contributed by atoms with van der Waals surface area (Å²) in [5, 5.41) is 0.116. The predicted octanol–water partition coefficient (Wildman–Crippen LogP) is 0.213. The molecule has 0 aromatic carbocycles. The van der Waals surface area contributed by atoms with Crippen LogP contribution in [-0.2, 0) is 4.79 Å². The first-order valence-electron chi connectivity index (χ1n) is 3.94. The number of Topliss-reactive ketones (excluding diaryl/α,β-unsaturated/α-hetero) is 1. The van der Waals surface area contributed by atoms with Gasteiger partial charge in [-0.3, -0.25) is 4.79 Å². The third-order valence-electron chi connectivity index (χ3n) is 1.55. The van der Waals surface area contributed by atoms with E-state index in [1.54, 1.807) is 0 Å². The minimum absolute atomic E-state index is 0.116. The maximum Gasteiger partial charge on any atom is 0.177 e. The molecule has 1 saturated carbocycles. The van der Waals surface area contributed by atoms with Crippen molar-refractivity contribution in [3.8, 4) is 0 Å². The summed E-state index contributed by atoms with van der Waals surface area (Å²) in [6.45, 7) is 0. The van der Waals surface area contributed by atoms with Gasteiger partial charge >= 0.3 is 0 Å². The Morgan fingerprint density at radius 1 is 1.33 bits per heavy atom. The van der Waals surface area contributed by atoms with Crippen LogP contribution >= 0.6 is 12.2 Å². The lowest BCUT2D eigenvalue weighted by atomic mass is 10.00. The Hall–Kier alpha value is -0.680. The van der Waals surface area contributed by atoms with Crippen LogP contribution in [0.25, 0.3) is 0 Å². The highest BCUT2D eigenvalue weighted by Gasteiger charge is 2.05. The second kappa shape index (κ2) is 7.00. The maximum absolute atomic E-state index is 10.5. The van der Waals surface area contributed by atoms with E-state index in [1.165, 1.54) is 6.42 Å². The molecule has 1 rings (SSSR count). The number of carbonyl (C=O) groups excluding carboxylic acids is 1. The van der Waals surface area contributed by atoms with E-state index in [0.717, 1.165) is 25.7 Å². The van der Waals surface area contributed by atoms with Crippen LogP contribution in [0.2, 0.25) is 0 Å². The molecule has 12 heavy (non-hydrogen) atoms. The molecule has 70 valence electrons. The fraction of sp³-hybridized carbons (Fsp3) is 0.714. The zero-order valence-electron chi connectivity index (χ0n) is 7.01. The van der Waals surface area contributed by atoms with Gasteiger partial charge in [0.15, 0.2) is 5.11 Å². The van der Waals surface area contributed by atoms with Crippen LogP contribution in [0, 0.1) is 0 Å². The lowest BCUT2D eigenvalue weighted by molar-refractivity contribution is -0.120. The average molecular weight is 189 g/mol. The van der Waals surface area contributed by atoms with Crippen LogP contribution < -0.4 is 17.0 Å². The lowest BCUT2D eigenvalue weighted by Crippen LogP contribution is -2.34. The Balaban J connectivity index is 0.000000217. The molecule has 0 radical (unpaired) electrons. The van der Waals surface area contributed by atoms with Crippen LogP contribution in [0.15, 0.2) is 0 Å². The molecule has 0 aromatic rings. The van der Waals surface area contributed by atoms with Crippen molar-refractivity contribution in [3.05, 3.63) is 0 Å². The summed E-state index contributed by atoms with van der Waals surface area (Å²) >= 11 is 4.24. The van der Waals surface area contributed by atoms with E-state index < -0.39 is 0 Å². The van der Waals surface area contributed by atoms with Crippen molar-refractivity contribution in [2.45, 2.75) is 32.1 Å². The van der Waals surface area contributed by atoms with E-state index in [1.807, 2.05) is 5.43 Å². The highest BCUT2D eigenvalue weighted by molar-refractivity contribution is 7.80. The molecule has 0 unspecified atom stereocenters. The first-order chi connectivity index (χ1) is 5.66. The molecule has 1 fully saturated rings. The molecule has 4 nitrogen and oxygen atoms in total. The minimum Gasteiger partial charge on any atom is -0.375 e. The maximum atomic E-state index is 10.5. The molecule has 0 bridgehead atoms.